The van der Waals surface area contributed by atoms with Gasteiger partial charge in [-0.15, -0.1) is 0 Å². The van der Waals surface area contributed by atoms with Crippen molar-refractivity contribution in [3.8, 4) is 5.75 Å². The summed E-state index contributed by atoms with van der Waals surface area (Å²) in [4.78, 5) is 3.06. The van der Waals surface area contributed by atoms with Crippen LogP contribution in [0.25, 0.3) is 0 Å². The van der Waals surface area contributed by atoms with Crippen LogP contribution >= 0.6 is 12.2 Å². The van der Waals surface area contributed by atoms with Gasteiger partial charge in [0.25, 0.3) is 0 Å². The Morgan fingerprint density at radius 1 is 1.21 bits per heavy atom. The summed E-state index contributed by atoms with van der Waals surface area (Å²) in [5.41, 5.74) is 2.43. The standard InChI is InChI=1S/C21H22F2N8OS/c22-16-8-15-9-18(13-32-20(15)19(23)10-16)31-17(11-25-21(31)33)6-7-30(29-28-27-26-24)12-14-4-2-1-3-5-14/h1-5,8,10-11,18H,6-7,9,12-13H2,(H,25,33)(H2,24,27,29)/t18-/m1/s1. The van der Waals surface area contributed by atoms with Crippen molar-refractivity contribution >= 4 is 12.2 Å². The second kappa shape index (κ2) is 10.3. The molecule has 172 valence electrons. The Labute approximate surface area is 193 Å². The van der Waals surface area contributed by atoms with Crippen LogP contribution in [0.5, 0.6) is 5.75 Å². The van der Waals surface area contributed by atoms with E-state index in [0.29, 0.717) is 36.3 Å². The van der Waals surface area contributed by atoms with Gasteiger partial charge >= 0.3 is 0 Å². The normalized spacial score (nSPS) is 15.6. The predicted octanol–water partition coefficient (Wildman–Crippen LogP) is 4.65. The van der Waals surface area contributed by atoms with Gasteiger partial charge in [0.05, 0.1) is 12.6 Å². The molecule has 0 saturated heterocycles. The van der Waals surface area contributed by atoms with Gasteiger partial charge in [0, 0.05) is 42.9 Å². The third-order valence-electron chi connectivity index (χ3n) is 5.31. The molecule has 2 aromatic carbocycles. The number of fused-ring (bicyclic) bond motifs is 1. The number of nitrogens with zero attached hydrogens (tertiary/aromatic N) is 6. The van der Waals surface area contributed by atoms with E-state index in [1.165, 1.54) is 6.07 Å². The SMILES string of the molecule is NN=NN=NN(CCc1c[nH]c(=S)n1[C@H]1COc2c(F)cc(F)cc2C1)Cc1ccccc1. The van der Waals surface area contributed by atoms with E-state index >= 15 is 0 Å². The maximum absolute atomic E-state index is 14.0. The van der Waals surface area contributed by atoms with E-state index in [0.717, 1.165) is 17.3 Å². The van der Waals surface area contributed by atoms with Crippen LogP contribution in [0.1, 0.15) is 22.9 Å². The van der Waals surface area contributed by atoms with E-state index < -0.39 is 11.6 Å². The minimum absolute atomic E-state index is 0.0970. The summed E-state index contributed by atoms with van der Waals surface area (Å²) in [5.74, 6) is 3.76. The molecule has 4 rings (SSSR count). The molecule has 0 unspecified atom stereocenters. The zero-order valence-electron chi connectivity index (χ0n) is 17.6. The van der Waals surface area contributed by atoms with Crippen LogP contribution in [0.4, 0.5) is 8.78 Å². The van der Waals surface area contributed by atoms with Gasteiger partial charge in [0.1, 0.15) is 12.4 Å². The molecule has 0 fully saturated rings. The molecule has 9 nitrogen and oxygen atoms in total. The highest BCUT2D eigenvalue weighted by Crippen LogP contribution is 2.33. The number of nitrogens with two attached hydrogens (primary N) is 1. The van der Waals surface area contributed by atoms with E-state index in [1.807, 2.05) is 41.1 Å². The molecule has 0 spiro atoms. The largest absolute Gasteiger partial charge is 0.488 e. The van der Waals surface area contributed by atoms with Gasteiger partial charge in [-0.05, 0) is 39.5 Å². The number of H-pyrrole nitrogens is 1. The molecular formula is C21H22F2N8OS. The molecule has 1 aliphatic rings. The Hall–Kier alpha value is -3.67. The fourth-order valence-corrected chi connectivity index (χ4v) is 4.21. The number of aromatic amines is 1. The second-order valence-corrected chi connectivity index (χ2v) is 7.89. The lowest BCUT2D eigenvalue weighted by molar-refractivity contribution is 0.208. The molecule has 0 saturated carbocycles. The quantitative estimate of drug-likeness (QED) is 0.215. The Balaban J connectivity index is 1.51. The topological polar surface area (TPSA) is 109 Å². The lowest BCUT2D eigenvalue weighted by Gasteiger charge is -2.28. The van der Waals surface area contributed by atoms with Crippen molar-refractivity contribution in [2.45, 2.75) is 25.4 Å². The van der Waals surface area contributed by atoms with E-state index in [2.05, 4.69) is 25.9 Å². The lowest BCUT2D eigenvalue weighted by atomic mass is 10.0. The number of benzene rings is 2. The Morgan fingerprint density at radius 2 is 2.03 bits per heavy atom. The number of hydrogen-bond acceptors (Lipinski definition) is 4. The van der Waals surface area contributed by atoms with Crippen LogP contribution in [0.3, 0.4) is 0 Å². The molecule has 33 heavy (non-hydrogen) atoms. The number of imidazole rings is 1. The van der Waals surface area contributed by atoms with Crippen molar-refractivity contribution in [1.29, 1.82) is 0 Å². The molecule has 0 aliphatic carbocycles. The molecule has 12 heteroatoms. The van der Waals surface area contributed by atoms with Crippen molar-refractivity contribution in [2.24, 2.45) is 26.7 Å². The highest BCUT2D eigenvalue weighted by molar-refractivity contribution is 7.71. The summed E-state index contributed by atoms with van der Waals surface area (Å²) in [6.45, 7) is 1.23. The molecule has 1 atom stereocenters. The van der Waals surface area contributed by atoms with Gasteiger partial charge in [0.2, 0.25) is 0 Å². The molecule has 2 heterocycles. The van der Waals surface area contributed by atoms with E-state index in [1.54, 1.807) is 5.01 Å². The fraction of sp³-hybridized carbons (Fsp3) is 0.286. The molecule has 0 amide bonds. The number of halogens is 2. The van der Waals surface area contributed by atoms with E-state index in [4.69, 9.17) is 22.8 Å². The number of ether oxygens (including phenoxy) is 1. The van der Waals surface area contributed by atoms with E-state index in [9.17, 15) is 8.78 Å². The highest BCUT2D eigenvalue weighted by Gasteiger charge is 2.26. The lowest BCUT2D eigenvalue weighted by Crippen LogP contribution is -2.27. The minimum atomic E-state index is -0.696. The maximum Gasteiger partial charge on any atom is 0.177 e. The van der Waals surface area contributed by atoms with Crippen LogP contribution in [0.15, 0.2) is 69.6 Å². The first-order chi connectivity index (χ1) is 16.0. The zero-order chi connectivity index (χ0) is 23.2. The van der Waals surface area contributed by atoms with Crippen LogP contribution < -0.4 is 10.6 Å². The fourth-order valence-electron chi connectivity index (χ4n) is 3.88. The van der Waals surface area contributed by atoms with Gasteiger partial charge in [-0.3, -0.25) is 5.01 Å². The molecular weight excluding hydrogens is 450 g/mol. The monoisotopic (exact) mass is 472 g/mol. The Bertz CT molecular complexity index is 1210. The van der Waals surface area contributed by atoms with Crippen molar-refractivity contribution in [3.63, 3.8) is 0 Å². The first kappa shape index (κ1) is 22.5. The van der Waals surface area contributed by atoms with Gasteiger partial charge in [0.15, 0.2) is 16.3 Å². The smallest absolute Gasteiger partial charge is 0.177 e. The van der Waals surface area contributed by atoms with Gasteiger partial charge in [-0.1, -0.05) is 35.6 Å². The van der Waals surface area contributed by atoms with Crippen LogP contribution in [-0.4, -0.2) is 27.7 Å². The first-order valence-corrected chi connectivity index (χ1v) is 10.6. The summed E-state index contributed by atoms with van der Waals surface area (Å²) < 4.78 is 35.8. The molecule has 1 aliphatic heterocycles. The average molecular weight is 473 g/mol. The highest BCUT2D eigenvalue weighted by atomic mass is 32.1. The molecule has 1 aromatic heterocycles. The molecule has 3 aromatic rings. The number of nitrogens with one attached hydrogen (secondary N) is 1. The van der Waals surface area contributed by atoms with Gasteiger partial charge in [-0.2, -0.15) is 0 Å². The van der Waals surface area contributed by atoms with Crippen molar-refractivity contribution < 1.29 is 13.5 Å². The van der Waals surface area contributed by atoms with Crippen molar-refractivity contribution in [2.75, 3.05) is 13.2 Å². The van der Waals surface area contributed by atoms with Crippen LogP contribution in [0, 0.1) is 16.4 Å². The predicted molar refractivity (Wildman–Crippen MR) is 119 cm³/mol. The number of aromatic nitrogens is 2. The third kappa shape index (κ3) is 5.40. The summed E-state index contributed by atoms with van der Waals surface area (Å²) in [6, 6.07) is 11.7. The summed E-state index contributed by atoms with van der Waals surface area (Å²) in [5, 5.41) is 15.9. The van der Waals surface area contributed by atoms with Gasteiger partial charge in [-0.25, -0.2) is 8.78 Å². The molecule has 0 bridgehead atoms. The average Bonchev–Trinajstić information content (AvgIpc) is 3.18. The van der Waals surface area contributed by atoms with Crippen LogP contribution in [-0.2, 0) is 19.4 Å². The summed E-state index contributed by atoms with van der Waals surface area (Å²) in [6.07, 6.45) is 2.79. The Kier molecular flexibility index (Phi) is 7.03. The summed E-state index contributed by atoms with van der Waals surface area (Å²) >= 11 is 5.48. The van der Waals surface area contributed by atoms with E-state index in [-0.39, 0.29) is 18.4 Å². The Morgan fingerprint density at radius 3 is 2.82 bits per heavy atom. The summed E-state index contributed by atoms with van der Waals surface area (Å²) in [7, 11) is 0. The third-order valence-corrected chi connectivity index (χ3v) is 5.62. The van der Waals surface area contributed by atoms with Crippen molar-refractivity contribution in [1.82, 2.24) is 14.6 Å². The zero-order valence-corrected chi connectivity index (χ0v) is 18.4. The van der Waals surface area contributed by atoms with Crippen LogP contribution in [0.2, 0.25) is 0 Å². The number of hydrogen-bond donors (Lipinski definition) is 2. The minimum Gasteiger partial charge on any atom is -0.488 e. The number of rotatable bonds is 8. The van der Waals surface area contributed by atoms with Crippen molar-refractivity contribution in [3.05, 3.63) is 81.9 Å². The second-order valence-electron chi connectivity index (χ2n) is 7.51. The molecule has 3 N–H and O–H groups in total. The molecule has 0 radical (unpaired) electrons. The van der Waals surface area contributed by atoms with Gasteiger partial charge < -0.3 is 20.1 Å². The maximum atomic E-state index is 14.0. The first-order valence-electron chi connectivity index (χ1n) is 10.2.